The first-order valence-corrected chi connectivity index (χ1v) is 9.58. The fourth-order valence-corrected chi connectivity index (χ4v) is 3.49. The van der Waals surface area contributed by atoms with E-state index in [-0.39, 0.29) is 11.6 Å². The highest BCUT2D eigenvalue weighted by Crippen LogP contribution is 2.23. The Morgan fingerprint density at radius 2 is 1.96 bits per heavy atom. The Kier molecular flexibility index (Phi) is 5.06. The van der Waals surface area contributed by atoms with Gasteiger partial charge in [-0.25, -0.2) is 9.79 Å². The van der Waals surface area contributed by atoms with E-state index >= 15 is 0 Å². The van der Waals surface area contributed by atoms with Crippen molar-refractivity contribution >= 4 is 52.5 Å². The zero-order valence-electron chi connectivity index (χ0n) is 14.4. The molecule has 28 heavy (non-hydrogen) atoms. The van der Waals surface area contributed by atoms with Crippen molar-refractivity contribution < 1.29 is 14.3 Å². The van der Waals surface area contributed by atoms with Crippen molar-refractivity contribution in [3.63, 3.8) is 0 Å². The van der Waals surface area contributed by atoms with Crippen molar-refractivity contribution in [2.24, 2.45) is 4.99 Å². The SMILES string of the molecule is O=C1OC(c2cccs2)=N/C1=C\c1cccc(NC(=O)c2ccccc2Cl)c1. The van der Waals surface area contributed by atoms with Gasteiger partial charge >= 0.3 is 5.97 Å². The molecule has 1 amide bonds. The van der Waals surface area contributed by atoms with Crippen LogP contribution in [0.1, 0.15) is 20.8 Å². The van der Waals surface area contributed by atoms with Crippen LogP contribution in [0.25, 0.3) is 6.08 Å². The molecule has 1 aliphatic heterocycles. The zero-order valence-corrected chi connectivity index (χ0v) is 16.0. The van der Waals surface area contributed by atoms with E-state index in [0.29, 0.717) is 27.7 Å². The molecule has 0 aliphatic carbocycles. The Labute approximate surface area is 170 Å². The summed E-state index contributed by atoms with van der Waals surface area (Å²) in [5.41, 5.74) is 1.88. The first-order valence-electron chi connectivity index (χ1n) is 8.32. The number of rotatable bonds is 4. The minimum atomic E-state index is -0.506. The fraction of sp³-hybridized carbons (Fsp3) is 0. The smallest absolute Gasteiger partial charge is 0.363 e. The number of nitrogens with one attached hydrogen (secondary N) is 1. The van der Waals surface area contributed by atoms with Crippen LogP contribution >= 0.6 is 22.9 Å². The van der Waals surface area contributed by atoms with Crippen LogP contribution < -0.4 is 5.32 Å². The number of cyclic esters (lactones) is 1. The summed E-state index contributed by atoms with van der Waals surface area (Å²) in [7, 11) is 0. The molecule has 0 saturated heterocycles. The fourth-order valence-electron chi connectivity index (χ4n) is 2.62. The molecule has 0 atom stereocenters. The second-order valence-electron chi connectivity index (χ2n) is 5.87. The quantitative estimate of drug-likeness (QED) is 0.488. The lowest BCUT2D eigenvalue weighted by Crippen LogP contribution is -2.12. The Hall–Kier alpha value is -3.22. The Morgan fingerprint density at radius 3 is 2.75 bits per heavy atom. The molecule has 2 aromatic carbocycles. The van der Waals surface area contributed by atoms with Gasteiger partial charge in [0.1, 0.15) is 0 Å². The van der Waals surface area contributed by atoms with Crippen LogP contribution in [0.5, 0.6) is 0 Å². The average Bonchev–Trinajstić information content (AvgIpc) is 3.33. The van der Waals surface area contributed by atoms with Gasteiger partial charge in [0.25, 0.3) is 5.91 Å². The van der Waals surface area contributed by atoms with Gasteiger partial charge in [-0.15, -0.1) is 11.3 Å². The monoisotopic (exact) mass is 408 g/mol. The molecule has 1 N–H and O–H groups in total. The molecule has 1 aliphatic rings. The topological polar surface area (TPSA) is 67.8 Å². The van der Waals surface area contributed by atoms with Gasteiger partial charge in [0.05, 0.1) is 15.5 Å². The Bertz CT molecular complexity index is 1120. The average molecular weight is 409 g/mol. The maximum atomic E-state index is 12.4. The van der Waals surface area contributed by atoms with Gasteiger partial charge in [0.2, 0.25) is 5.90 Å². The Balaban J connectivity index is 1.56. The third-order valence-electron chi connectivity index (χ3n) is 3.92. The summed E-state index contributed by atoms with van der Waals surface area (Å²) in [6.07, 6.45) is 1.62. The molecule has 0 unspecified atom stereocenters. The van der Waals surface area contributed by atoms with Crippen molar-refractivity contribution in [3.05, 3.63) is 92.8 Å². The highest BCUT2D eigenvalue weighted by atomic mass is 35.5. The standard InChI is InChI=1S/C21H13ClN2O3S/c22-16-8-2-1-7-15(16)19(25)23-14-6-3-5-13(11-14)12-17-21(26)27-20(24-17)18-9-4-10-28-18/h1-12H,(H,23,25)/b17-12-. The molecular formula is C21H13ClN2O3S. The van der Waals surface area contributed by atoms with Gasteiger partial charge < -0.3 is 10.1 Å². The van der Waals surface area contributed by atoms with E-state index in [9.17, 15) is 9.59 Å². The number of amides is 1. The van der Waals surface area contributed by atoms with E-state index < -0.39 is 5.97 Å². The van der Waals surface area contributed by atoms with Crippen LogP contribution in [0.4, 0.5) is 5.69 Å². The molecule has 0 radical (unpaired) electrons. The lowest BCUT2D eigenvalue weighted by molar-refractivity contribution is -0.129. The highest BCUT2D eigenvalue weighted by molar-refractivity contribution is 7.12. The maximum absolute atomic E-state index is 12.4. The summed E-state index contributed by atoms with van der Waals surface area (Å²) < 4.78 is 5.23. The van der Waals surface area contributed by atoms with Crippen molar-refractivity contribution in [1.29, 1.82) is 0 Å². The van der Waals surface area contributed by atoms with E-state index in [1.807, 2.05) is 23.6 Å². The molecular weight excluding hydrogens is 396 g/mol. The molecule has 0 bridgehead atoms. The molecule has 0 spiro atoms. The van der Waals surface area contributed by atoms with Gasteiger partial charge in [-0.2, -0.15) is 0 Å². The summed E-state index contributed by atoms with van der Waals surface area (Å²) in [6.45, 7) is 0. The number of hydrogen-bond donors (Lipinski definition) is 1. The molecule has 5 nitrogen and oxygen atoms in total. The van der Waals surface area contributed by atoms with Crippen LogP contribution in [0.2, 0.25) is 5.02 Å². The summed E-state index contributed by atoms with van der Waals surface area (Å²) >= 11 is 7.51. The molecule has 3 aromatic rings. The number of esters is 1. The lowest BCUT2D eigenvalue weighted by Gasteiger charge is -2.07. The van der Waals surface area contributed by atoms with Crippen LogP contribution in [-0.2, 0) is 9.53 Å². The number of nitrogens with zero attached hydrogens (tertiary/aromatic N) is 1. The third kappa shape index (κ3) is 3.88. The second-order valence-corrected chi connectivity index (χ2v) is 7.23. The second kappa shape index (κ2) is 7.80. The highest BCUT2D eigenvalue weighted by Gasteiger charge is 2.24. The number of carbonyl (C=O) groups is 2. The number of carbonyl (C=O) groups excluding carboxylic acids is 2. The number of thiophene rings is 1. The molecule has 7 heteroatoms. The lowest BCUT2D eigenvalue weighted by atomic mass is 10.1. The summed E-state index contributed by atoms with van der Waals surface area (Å²) in [5, 5.41) is 5.07. The van der Waals surface area contributed by atoms with E-state index in [1.54, 1.807) is 48.5 Å². The number of aliphatic imine (C=N–C) groups is 1. The van der Waals surface area contributed by atoms with Gasteiger partial charge in [-0.3, -0.25) is 4.79 Å². The summed E-state index contributed by atoms with van der Waals surface area (Å²) in [6, 6.07) is 17.6. The zero-order chi connectivity index (χ0) is 19.5. The molecule has 138 valence electrons. The number of benzene rings is 2. The van der Waals surface area contributed by atoms with Crippen molar-refractivity contribution in [3.8, 4) is 0 Å². The van der Waals surface area contributed by atoms with Crippen molar-refractivity contribution in [2.75, 3.05) is 5.32 Å². The van der Waals surface area contributed by atoms with Crippen molar-refractivity contribution in [1.82, 2.24) is 0 Å². The minimum Gasteiger partial charge on any atom is -0.401 e. The normalized spacial score (nSPS) is 14.7. The van der Waals surface area contributed by atoms with E-state index in [0.717, 1.165) is 4.88 Å². The first kappa shape index (κ1) is 18.2. The number of halogens is 1. The van der Waals surface area contributed by atoms with E-state index in [1.165, 1.54) is 11.3 Å². The maximum Gasteiger partial charge on any atom is 0.363 e. The minimum absolute atomic E-state index is 0.206. The van der Waals surface area contributed by atoms with E-state index in [2.05, 4.69) is 10.3 Å². The summed E-state index contributed by atoms with van der Waals surface area (Å²) in [5.74, 6) is -0.517. The Morgan fingerprint density at radius 1 is 1.11 bits per heavy atom. The third-order valence-corrected chi connectivity index (χ3v) is 5.11. The predicted molar refractivity (Wildman–Crippen MR) is 111 cm³/mol. The largest absolute Gasteiger partial charge is 0.401 e. The molecule has 4 rings (SSSR count). The number of ether oxygens (including phenoxy) is 1. The van der Waals surface area contributed by atoms with Gasteiger partial charge in [0, 0.05) is 5.69 Å². The van der Waals surface area contributed by atoms with Gasteiger partial charge in [-0.1, -0.05) is 41.9 Å². The van der Waals surface area contributed by atoms with Gasteiger partial charge in [-0.05, 0) is 47.4 Å². The number of anilines is 1. The molecule has 0 fully saturated rings. The predicted octanol–water partition coefficient (Wildman–Crippen LogP) is 5.00. The van der Waals surface area contributed by atoms with Gasteiger partial charge in [0.15, 0.2) is 5.70 Å². The van der Waals surface area contributed by atoms with E-state index in [4.69, 9.17) is 16.3 Å². The summed E-state index contributed by atoms with van der Waals surface area (Å²) in [4.78, 5) is 29.6. The molecule has 0 saturated carbocycles. The number of hydrogen-bond acceptors (Lipinski definition) is 5. The first-order chi connectivity index (χ1) is 13.6. The van der Waals surface area contributed by atoms with Crippen LogP contribution in [0.15, 0.2) is 76.7 Å². The van der Waals surface area contributed by atoms with Crippen LogP contribution in [0.3, 0.4) is 0 Å². The van der Waals surface area contributed by atoms with Crippen LogP contribution in [0, 0.1) is 0 Å². The van der Waals surface area contributed by atoms with Crippen molar-refractivity contribution in [2.45, 2.75) is 0 Å². The van der Waals surface area contributed by atoms with Crippen LogP contribution in [-0.4, -0.2) is 17.8 Å². The molecule has 2 heterocycles. The molecule has 1 aromatic heterocycles.